The summed E-state index contributed by atoms with van der Waals surface area (Å²) in [6.45, 7) is 6.51. The highest BCUT2D eigenvalue weighted by Gasteiger charge is 2.19. The number of hydrogen-bond donors (Lipinski definition) is 0. The molecule has 0 fully saturated rings. The van der Waals surface area contributed by atoms with Crippen LogP contribution in [0, 0.1) is 0 Å². The Balaban J connectivity index is 4.49. The molecule has 350 valence electrons. The van der Waals surface area contributed by atoms with Crippen molar-refractivity contribution < 1.29 is 28.6 Å². The fourth-order valence-corrected chi connectivity index (χ4v) is 6.83. The van der Waals surface area contributed by atoms with Gasteiger partial charge in [0.15, 0.2) is 6.10 Å². The van der Waals surface area contributed by atoms with Gasteiger partial charge in [-0.3, -0.25) is 14.4 Å². The van der Waals surface area contributed by atoms with E-state index < -0.39 is 6.10 Å². The summed E-state index contributed by atoms with van der Waals surface area (Å²) in [7, 11) is 0. The molecule has 0 aromatic rings. The van der Waals surface area contributed by atoms with E-state index in [0.29, 0.717) is 19.3 Å². The third kappa shape index (κ3) is 47.7. The van der Waals surface area contributed by atoms with Crippen molar-refractivity contribution in [3.8, 4) is 0 Å². The van der Waals surface area contributed by atoms with E-state index >= 15 is 0 Å². The minimum Gasteiger partial charge on any atom is -0.462 e. The van der Waals surface area contributed by atoms with E-state index in [9.17, 15) is 14.4 Å². The first-order valence-electron chi connectivity index (χ1n) is 25.4. The van der Waals surface area contributed by atoms with E-state index in [0.717, 1.165) is 57.8 Å². The van der Waals surface area contributed by atoms with E-state index in [-0.39, 0.29) is 44.0 Å². The zero-order valence-electron chi connectivity index (χ0n) is 39.9. The summed E-state index contributed by atoms with van der Waals surface area (Å²) in [6.07, 6.45) is 61.9. The van der Waals surface area contributed by atoms with Gasteiger partial charge in [-0.15, -0.1) is 0 Å². The monoisotopic (exact) mass is 851 g/mol. The highest BCUT2D eigenvalue weighted by Crippen LogP contribution is 2.13. The van der Waals surface area contributed by atoms with E-state index in [1.165, 1.54) is 128 Å². The number of carbonyl (C=O) groups is 3. The van der Waals surface area contributed by atoms with Gasteiger partial charge in [0.2, 0.25) is 0 Å². The highest BCUT2D eigenvalue weighted by molar-refractivity contribution is 5.71. The lowest BCUT2D eigenvalue weighted by Gasteiger charge is -2.18. The van der Waals surface area contributed by atoms with Gasteiger partial charge in [-0.05, 0) is 83.5 Å². The van der Waals surface area contributed by atoms with Crippen LogP contribution in [-0.4, -0.2) is 37.2 Å². The average molecular weight is 851 g/mol. The van der Waals surface area contributed by atoms with Gasteiger partial charge >= 0.3 is 17.9 Å². The lowest BCUT2D eigenvalue weighted by Crippen LogP contribution is -2.30. The molecule has 6 heteroatoms. The number of rotatable bonds is 45. The maximum atomic E-state index is 12.7. The summed E-state index contributed by atoms with van der Waals surface area (Å²) in [5.41, 5.74) is 0. The number of hydrogen-bond acceptors (Lipinski definition) is 6. The van der Waals surface area contributed by atoms with Crippen molar-refractivity contribution in [2.24, 2.45) is 0 Å². The van der Waals surface area contributed by atoms with Crippen LogP contribution in [0.25, 0.3) is 0 Å². The quantitative estimate of drug-likeness (QED) is 0.0263. The Labute approximate surface area is 376 Å². The number of esters is 3. The van der Waals surface area contributed by atoms with Crippen molar-refractivity contribution in [3.63, 3.8) is 0 Å². The highest BCUT2D eigenvalue weighted by atomic mass is 16.6. The Morgan fingerprint density at radius 3 is 0.984 bits per heavy atom. The van der Waals surface area contributed by atoms with Gasteiger partial charge in [-0.25, -0.2) is 0 Å². The molecule has 6 nitrogen and oxygen atoms in total. The lowest BCUT2D eigenvalue weighted by atomic mass is 10.1. The predicted molar refractivity (Wildman–Crippen MR) is 261 cm³/mol. The van der Waals surface area contributed by atoms with Crippen LogP contribution < -0.4 is 0 Å². The van der Waals surface area contributed by atoms with Crippen molar-refractivity contribution in [2.45, 2.75) is 245 Å². The zero-order chi connectivity index (χ0) is 44.4. The maximum absolute atomic E-state index is 12.7. The van der Waals surface area contributed by atoms with Crippen molar-refractivity contribution in [1.82, 2.24) is 0 Å². The van der Waals surface area contributed by atoms with Crippen molar-refractivity contribution >= 4 is 17.9 Å². The third-order valence-electron chi connectivity index (χ3n) is 10.7. The number of unbranched alkanes of at least 4 members (excludes halogenated alkanes) is 22. The summed E-state index contributed by atoms with van der Waals surface area (Å²) >= 11 is 0. The molecule has 1 unspecified atom stereocenters. The van der Waals surface area contributed by atoms with E-state index in [1.54, 1.807) is 0 Å². The second kappa shape index (κ2) is 49.5. The molecule has 0 radical (unpaired) electrons. The topological polar surface area (TPSA) is 78.9 Å². The molecule has 0 N–H and O–H groups in total. The Bertz CT molecular complexity index is 1160. The minimum absolute atomic E-state index is 0.110. The summed E-state index contributed by atoms with van der Waals surface area (Å²) in [5.74, 6) is -1.02. The Morgan fingerprint density at radius 2 is 0.607 bits per heavy atom. The van der Waals surface area contributed by atoms with Gasteiger partial charge in [-0.1, -0.05) is 209 Å². The van der Waals surface area contributed by atoms with Crippen LogP contribution in [0.2, 0.25) is 0 Å². The molecule has 0 saturated carbocycles. The van der Waals surface area contributed by atoms with E-state index in [2.05, 4.69) is 93.7 Å². The SMILES string of the molecule is CCCCCCCC/C=C\C/C=C\C/C=C\CCCC(=O)OCC(COC(=O)CCCCCCCCCCC)OC(=O)CCC/C=C\C/C=C\C/C=C\CCCCCCCC. The number of allylic oxidation sites excluding steroid dienone is 12. The summed E-state index contributed by atoms with van der Waals surface area (Å²) < 4.78 is 16.7. The average Bonchev–Trinajstić information content (AvgIpc) is 3.26. The van der Waals surface area contributed by atoms with Crippen LogP contribution in [0.15, 0.2) is 72.9 Å². The Kier molecular flexibility index (Phi) is 46.9. The van der Waals surface area contributed by atoms with Gasteiger partial charge in [-0.2, -0.15) is 0 Å². The Hall–Kier alpha value is -3.15. The number of carbonyl (C=O) groups excluding carboxylic acids is 3. The smallest absolute Gasteiger partial charge is 0.306 e. The maximum Gasteiger partial charge on any atom is 0.306 e. The molecule has 0 amide bonds. The van der Waals surface area contributed by atoms with Crippen LogP contribution in [-0.2, 0) is 28.6 Å². The van der Waals surface area contributed by atoms with E-state index in [4.69, 9.17) is 14.2 Å². The normalized spacial score (nSPS) is 12.6. The molecule has 1 atom stereocenters. The molecule has 0 aromatic carbocycles. The van der Waals surface area contributed by atoms with Crippen LogP contribution >= 0.6 is 0 Å². The van der Waals surface area contributed by atoms with Crippen LogP contribution in [0.1, 0.15) is 239 Å². The lowest BCUT2D eigenvalue weighted by molar-refractivity contribution is -0.167. The van der Waals surface area contributed by atoms with Crippen molar-refractivity contribution in [2.75, 3.05) is 13.2 Å². The van der Waals surface area contributed by atoms with Crippen LogP contribution in [0.5, 0.6) is 0 Å². The van der Waals surface area contributed by atoms with Crippen LogP contribution in [0.3, 0.4) is 0 Å². The summed E-state index contributed by atoms with van der Waals surface area (Å²) in [6, 6.07) is 0. The molecular weight excluding hydrogens is 757 g/mol. The van der Waals surface area contributed by atoms with Gasteiger partial charge in [0, 0.05) is 19.3 Å². The molecule has 0 saturated heterocycles. The largest absolute Gasteiger partial charge is 0.462 e. The molecule has 0 heterocycles. The van der Waals surface area contributed by atoms with Crippen molar-refractivity contribution in [1.29, 1.82) is 0 Å². The fraction of sp³-hybridized carbons (Fsp3) is 0.727. The van der Waals surface area contributed by atoms with Crippen LogP contribution in [0.4, 0.5) is 0 Å². The van der Waals surface area contributed by atoms with Crippen molar-refractivity contribution in [3.05, 3.63) is 72.9 Å². The first kappa shape index (κ1) is 57.9. The van der Waals surface area contributed by atoms with E-state index in [1.807, 2.05) is 0 Å². The zero-order valence-corrected chi connectivity index (χ0v) is 39.9. The first-order valence-corrected chi connectivity index (χ1v) is 25.4. The third-order valence-corrected chi connectivity index (χ3v) is 10.7. The standard InChI is InChI=1S/C55H94O6/c1-4-7-10-13-16-19-21-23-25-27-29-31-33-36-39-42-45-48-54(57)60-51-52(50-59-53(56)47-44-41-38-35-18-15-12-9-6-3)61-55(58)49-46-43-40-37-34-32-30-28-26-24-22-20-17-14-11-8-5-2/h23-26,29-32,36-37,39-40,52H,4-22,27-28,33-35,38,41-51H2,1-3H3/b25-23-,26-24-,31-29-,32-30-,39-36-,40-37-. The molecular formula is C55H94O6. The minimum atomic E-state index is -0.818. The summed E-state index contributed by atoms with van der Waals surface area (Å²) in [4.78, 5) is 37.8. The number of ether oxygens (including phenoxy) is 3. The second-order valence-electron chi connectivity index (χ2n) is 16.7. The van der Waals surface area contributed by atoms with Gasteiger partial charge < -0.3 is 14.2 Å². The fourth-order valence-electron chi connectivity index (χ4n) is 6.83. The molecule has 0 rings (SSSR count). The van der Waals surface area contributed by atoms with Gasteiger partial charge in [0.05, 0.1) is 0 Å². The predicted octanol–water partition coefficient (Wildman–Crippen LogP) is 16.6. The molecule has 0 bridgehead atoms. The summed E-state index contributed by atoms with van der Waals surface area (Å²) in [5, 5.41) is 0. The second-order valence-corrected chi connectivity index (χ2v) is 16.7. The molecule has 0 aliphatic rings. The molecule has 0 aliphatic heterocycles. The van der Waals surface area contributed by atoms with Gasteiger partial charge in [0.1, 0.15) is 13.2 Å². The molecule has 0 aromatic heterocycles. The Morgan fingerprint density at radius 1 is 0.328 bits per heavy atom. The molecule has 0 spiro atoms. The van der Waals surface area contributed by atoms with Gasteiger partial charge in [0.25, 0.3) is 0 Å². The molecule has 0 aliphatic carbocycles. The molecule has 61 heavy (non-hydrogen) atoms. The first-order chi connectivity index (χ1) is 30.0.